The lowest BCUT2D eigenvalue weighted by molar-refractivity contribution is -0.122. The number of carbonyl (C=O) groups is 2. The Morgan fingerprint density at radius 3 is 2.59 bits per heavy atom. The molecule has 0 saturated heterocycles. The molecule has 0 aliphatic carbocycles. The van der Waals surface area contributed by atoms with Gasteiger partial charge in [-0.1, -0.05) is 34.1 Å². The largest absolute Gasteiger partial charge is 0.480 e. The summed E-state index contributed by atoms with van der Waals surface area (Å²) in [5.41, 5.74) is 6.17. The van der Waals surface area contributed by atoms with Crippen molar-refractivity contribution in [1.29, 1.82) is 0 Å². The number of hydrogen-bond donors (Lipinski definition) is 2. The van der Waals surface area contributed by atoms with E-state index < -0.39 is 12.0 Å². The molecular weight excluding hydrogens is 348 g/mol. The summed E-state index contributed by atoms with van der Waals surface area (Å²) < 4.78 is 6.41. The first kappa shape index (κ1) is 16.0. The van der Waals surface area contributed by atoms with Crippen LogP contribution in [0.15, 0.2) is 53.0 Å². The smallest absolute Gasteiger partial charge is 0.265 e. The number of benzene rings is 2. The summed E-state index contributed by atoms with van der Waals surface area (Å²) in [7, 11) is 0. The quantitative estimate of drug-likeness (QED) is 0.857. The molecule has 0 spiro atoms. The van der Waals surface area contributed by atoms with Gasteiger partial charge in [-0.3, -0.25) is 9.59 Å². The highest BCUT2D eigenvalue weighted by molar-refractivity contribution is 9.10. The van der Waals surface area contributed by atoms with Crippen LogP contribution in [0.2, 0.25) is 0 Å². The molecule has 6 heteroatoms. The maximum Gasteiger partial charge on any atom is 0.265 e. The molecule has 0 bridgehead atoms. The number of anilines is 1. The highest BCUT2D eigenvalue weighted by atomic mass is 79.9. The van der Waals surface area contributed by atoms with Crippen LogP contribution in [0.25, 0.3) is 0 Å². The summed E-state index contributed by atoms with van der Waals surface area (Å²) in [6, 6.07) is 13.8. The topological polar surface area (TPSA) is 81.4 Å². The fraction of sp³-hybridized carbons (Fsp3) is 0.125. The first-order valence-electron chi connectivity index (χ1n) is 6.59. The normalized spacial score (nSPS) is 11.5. The van der Waals surface area contributed by atoms with Crippen molar-refractivity contribution in [3.05, 3.63) is 58.6 Å². The van der Waals surface area contributed by atoms with Gasteiger partial charge in [-0.05, 0) is 37.3 Å². The van der Waals surface area contributed by atoms with E-state index in [1.807, 2.05) is 12.1 Å². The molecule has 1 atom stereocenters. The Balaban J connectivity index is 2.07. The van der Waals surface area contributed by atoms with Crippen LogP contribution in [0.1, 0.15) is 17.3 Å². The molecule has 5 nitrogen and oxygen atoms in total. The molecule has 2 aromatic carbocycles. The Morgan fingerprint density at radius 2 is 1.91 bits per heavy atom. The van der Waals surface area contributed by atoms with Crippen LogP contribution >= 0.6 is 15.9 Å². The molecule has 114 valence electrons. The number of carbonyl (C=O) groups excluding carboxylic acids is 2. The zero-order valence-corrected chi connectivity index (χ0v) is 13.5. The highest BCUT2D eigenvalue weighted by Crippen LogP contribution is 2.20. The SMILES string of the molecule is CC(Oc1ccccc1C(N)=O)C(=O)Nc1cccc(Br)c1. The molecule has 0 fully saturated rings. The van der Waals surface area contributed by atoms with Gasteiger partial charge in [-0.15, -0.1) is 0 Å². The van der Waals surface area contributed by atoms with Gasteiger partial charge in [0.1, 0.15) is 5.75 Å². The van der Waals surface area contributed by atoms with Gasteiger partial charge in [0.15, 0.2) is 6.10 Å². The van der Waals surface area contributed by atoms with Crippen molar-refractivity contribution >= 4 is 33.4 Å². The summed E-state index contributed by atoms with van der Waals surface area (Å²) in [4.78, 5) is 23.5. The Bertz CT molecular complexity index is 703. The minimum Gasteiger partial charge on any atom is -0.480 e. The van der Waals surface area contributed by atoms with Gasteiger partial charge in [0.05, 0.1) is 5.56 Å². The van der Waals surface area contributed by atoms with Gasteiger partial charge in [0.25, 0.3) is 11.8 Å². The third-order valence-corrected chi connectivity index (χ3v) is 3.41. The van der Waals surface area contributed by atoms with Crippen LogP contribution in [0.3, 0.4) is 0 Å². The molecule has 3 N–H and O–H groups in total. The molecule has 2 amide bonds. The summed E-state index contributed by atoms with van der Waals surface area (Å²) in [6.07, 6.45) is -0.778. The van der Waals surface area contributed by atoms with Crippen LogP contribution in [-0.2, 0) is 4.79 Å². The van der Waals surface area contributed by atoms with Gasteiger partial charge < -0.3 is 15.8 Å². The molecule has 0 radical (unpaired) electrons. The number of rotatable bonds is 5. The second-order valence-electron chi connectivity index (χ2n) is 4.62. The van der Waals surface area contributed by atoms with Crippen molar-refractivity contribution in [2.24, 2.45) is 5.73 Å². The molecule has 0 aliphatic heterocycles. The first-order chi connectivity index (χ1) is 10.5. The Morgan fingerprint density at radius 1 is 1.18 bits per heavy atom. The van der Waals surface area contributed by atoms with E-state index in [1.54, 1.807) is 43.3 Å². The zero-order valence-electron chi connectivity index (χ0n) is 11.9. The maximum absolute atomic E-state index is 12.1. The number of hydrogen-bond acceptors (Lipinski definition) is 3. The van der Waals surface area contributed by atoms with E-state index in [4.69, 9.17) is 10.5 Å². The average molecular weight is 363 g/mol. The summed E-state index contributed by atoms with van der Waals surface area (Å²) >= 11 is 3.33. The van der Waals surface area contributed by atoms with Crippen molar-refractivity contribution in [2.75, 3.05) is 5.32 Å². The van der Waals surface area contributed by atoms with Crippen molar-refractivity contribution in [3.63, 3.8) is 0 Å². The molecule has 0 aromatic heterocycles. The molecule has 2 rings (SSSR count). The van der Waals surface area contributed by atoms with Crippen LogP contribution in [-0.4, -0.2) is 17.9 Å². The summed E-state index contributed by atoms with van der Waals surface area (Å²) in [5, 5.41) is 2.74. The predicted molar refractivity (Wildman–Crippen MR) is 87.8 cm³/mol. The molecular formula is C16H15BrN2O3. The fourth-order valence-corrected chi connectivity index (χ4v) is 2.23. The fourth-order valence-electron chi connectivity index (χ4n) is 1.83. The van der Waals surface area contributed by atoms with E-state index in [0.717, 1.165) is 4.47 Å². The number of nitrogens with one attached hydrogen (secondary N) is 1. The van der Waals surface area contributed by atoms with Crippen LogP contribution in [0.4, 0.5) is 5.69 Å². The monoisotopic (exact) mass is 362 g/mol. The van der Waals surface area contributed by atoms with E-state index in [9.17, 15) is 9.59 Å². The zero-order chi connectivity index (χ0) is 16.1. The average Bonchev–Trinajstić information content (AvgIpc) is 2.47. The summed E-state index contributed by atoms with van der Waals surface area (Å²) in [5.74, 6) is -0.639. The third-order valence-electron chi connectivity index (χ3n) is 2.92. The molecule has 0 saturated carbocycles. The first-order valence-corrected chi connectivity index (χ1v) is 7.38. The van der Waals surface area contributed by atoms with E-state index >= 15 is 0 Å². The Hall–Kier alpha value is -2.34. The minimum absolute atomic E-state index is 0.240. The minimum atomic E-state index is -0.778. The van der Waals surface area contributed by atoms with Gasteiger partial charge in [-0.25, -0.2) is 0 Å². The Kier molecular flexibility index (Phi) is 5.16. The number of amides is 2. The van der Waals surface area contributed by atoms with Crippen LogP contribution < -0.4 is 15.8 Å². The van der Waals surface area contributed by atoms with Crippen molar-refractivity contribution in [1.82, 2.24) is 0 Å². The van der Waals surface area contributed by atoms with Gasteiger partial charge in [-0.2, -0.15) is 0 Å². The number of halogens is 1. The van der Waals surface area contributed by atoms with Gasteiger partial charge in [0.2, 0.25) is 0 Å². The second kappa shape index (κ2) is 7.09. The number of nitrogens with two attached hydrogens (primary N) is 1. The van der Waals surface area contributed by atoms with E-state index in [2.05, 4.69) is 21.2 Å². The lowest BCUT2D eigenvalue weighted by atomic mass is 10.2. The molecule has 1 unspecified atom stereocenters. The maximum atomic E-state index is 12.1. The lowest BCUT2D eigenvalue weighted by Crippen LogP contribution is -2.30. The van der Waals surface area contributed by atoms with E-state index in [0.29, 0.717) is 5.69 Å². The second-order valence-corrected chi connectivity index (χ2v) is 5.54. The predicted octanol–water partition coefficient (Wildman–Crippen LogP) is 2.95. The van der Waals surface area contributed by atoms with Crippen LogP contribution in [0.5, 0.6) is 5.75 Å². The standard InChI is InChI=1S/C16H15BrN2O3/c1-10(16(21)19-12-6-4-5-11(17)9-12)22-14-8-3-2-7-13(14)15(18)20/h2-10H,1H3,(H2,18,20)(H,19,21). The van der Waals surface area contributed by atoms with Crippen LogP contribution in [0, 0.1) is 0 Å². The van der Waals surface area contributed by atoms with Gasteiger partial charge in [0, 0.05) is 10.2 Å². The van der Waals surface area contributed by atoms with Crippen molar-refractivity contribution in [2.45, 2.75) is 13.0 Å². The summed E-state index contributed by atoms with van der Waals surface area (Å²) in [6.45, 7) is 1.60. The molecule has 0 aliphatic rings. The highest BCUT2D eigenvalue weighted by Gasteiger charge is 2.18. The van der Waals surface area contributed by atoms with Gasteiger partial charge >= 0.3 is 0 Å². The third kappa shape index (κ3) is 4.08. The number of ether oxygens (including phenoxy) is 1. The molecule has 2 aromatic rings. The van der Waals surface area contributed by atoms with Crippen molar-refractivity contribution in [3.8, 4) is 5.75 Å². The van der Waals surface area contributed by atoms with Crippen molar-refractivity contribution < 1.29 is 14.3 Å². The number of primary amides is 1. The number of para-hydroxylation sites is 1. The Labute approximate surface area is 136 Å². The van der Waals surface area contributed by atoms with E-state index in [-0.39, 0.29) is 17.2 Å². The molecule has 22 heavy (non-hydrogen) atoms. The van der Waals surface area contributed by atoms with E-state index in [1.165, 1.54) is 0 Å². The molecule has 0 heterocycles. The lowest BCUT2D eigenvalue weighted by Gasteiger charge is -2.16.